The Hall–Kier alpha value is -2.12. The van der Waals surface area contributed by atoms with Crippen LogP contribution in [-0.4, -0.2) is 56.9 Å². The second-order valence-electron chi connectivity index (χ2n) is 5.50. The number of hydroxylamine groups is 2. The third-order valence-electron chi connectivity index (χ3n) is 3.84. The van der Waals surface area contributed by atoms with Crippen LogP contribution in [0, 0.1) is 0 Å². The minimum absolute atomic E-state index is 0. The highest BCUT2D eigenvalue weighted by atomic mass is 16.7. The van der Waals surface area contributed by atoms with Gasteiger partial charge in [0, 0.05) is 13.7 Å². The number of hydrogen-bond donors (Lipinski definition) is 1. The third kappa shape index (κ3) is 7.97. The van der Waals surface area contributed by atoms with E-state index in [-0.39, 0.29) is 19.2 Å². The van der Waals surface area contributed by atoms with Gasteiger partial charge in [-0.2, -0.15) is 0 Å². The standard InChI is InChI=1S/C17H24N2O5.C2H6.CH4/c1-19(22-2)17(21)14-8-5-6-10-23-11-12-24-15-9-4-3-7-13(15)16(20)18-14;1-2;/h3-4,7,9,14H,5-6,8,10-12H2,1-2H3,(H,18,20);1-2H3;1H4. The Morgan fingerprint density at radius 3 is 2.59 bits per heavy atom. The maximum atomic E-state index is 12.6. The van der Waals surface area contributed by atoms with Gasteiger partial charge >= 0.3 is 0 Å². The van der Waals surface area contributed by atoms with Crippen molar-refractivity contribution in [1.29, 1.82) is 0 Å². The molecule has 1 atom stereocenters. The molecule has 1 heterocycles. The lowest BCUT2D eigenvalue weighted by atomic mass is 10.1. The minimum Gasteiger partial charge on any atom is -0.490 e. The lowest BCUT2D eigenvalue weighted by Gasteiger charge is -2.23. The van der Waals surface area contributed by atoms with Crippen LogP contribution in [0.1, 0.15) is 50.9 Å². The number of carbonyl (C=O) groups excluding carboxylic acids is 2. The van der Waals surface area contributed by atoms with Crippen LogP contribution in [0.5, 0.6) is 5.75 Å². The monoisotopic (exact) mass is 382 g/mol. The summed E-state index contributed by atoms with van der Waals surface area (Å²) in [6.45, 7) is 5.43. The van der Waals surface area contributed by atoms with Crippen LogP contribution in [0.4, 0.5) is 0 Å². The summed E-state index contributed by atoms with van der Waals surface area (Å²) in [5.41, 5.74) is 0.398. The molecule has 0 bridgehead atoms. The zero-order valence-corrected chi connectivity index (χ0v) is 16.1. The van der Waals surface area contributed by atoms with Crippen molar-refractivity contribution in [3.63, 3.8) is 0 Å². The molecule has 1 N–H and O–H groups in total. The van der Waals surface area contributed by atoms with Crippen molar-refractivity contribution < 1.29 is 23.9 Å². The Labute approximate surface area is 162 Å². The zero-order valence-electron chi connectivity index (χ0n) is 16.1. The summed E-state index contributed by atoms with van der Waals surface area (Å²) in [5, 5.41) is 3.92. The molecule has 27 heavy (non-hydrogen) atoms. The van der Waals surface area contributed by atoms with Gasteiger partial charge in [0.1, 0.15) is 18.4 Å². The van der Waals surface area contributed by atoms with Crippen LogP contribution in [0.2, 0.25) is 0 Å². The molecule has 0 saturated carbocycles. The molecule has 2 rings (SSSR count). The van der Waals surface area contributed by atoms with E-state index >= 15 is 0 Å². The average molecular weight is 383 g/mol. The number of rotatable bonds is 2. The summed E-state index contributed by atoms with van der Waals surface area (Å²) in [7, 11) is 2.94. The number of nitrogens with zero attached hydrogens (tertiary/aromatic N) is 1. The van der Waals surface area contributed by atoms with Crippen LogP contribution < -0.4 is 10.1 Å². The van der Waals surface area contributed by atoms with E-state index in [0.717, 1.165) is 17.9 Å². The molecule has 1 aromatic rings. The summed E-state index contributed by atoms with van der Waals surface area (Å²) in [6.07, 6.45) is 2.09. The quantitative estimate of drug-likeness (QED) is 0.796. The molecule has 7 nitrogen and oxygen atoms in total. The van der Waals surface area contributed by atoms with Crippen molar-refractivity contribution in [2.24, 2.45) is 0 Å². The molecule has 0 aliphatic carbocycles. The normalized spacial score (nSPS) is 17.6. The Morgan fingerprint density at radius 1 is 1.19 bits per heavy atom. The molecule has 7 heteroatoms. The number of benzene rings is 1. The lowest BCUT2D eigenvalue weighted by Crippen LogP contribution is -2.47. The summed E-state index contributed by atoms with van der Waals surface area (Å²) < 4.78 is 11.1. The highest BCUT2D eigenvalue weighted by molar-refractivity contribution is 5.99. The fourth-order valence-electron chi connectivity index (χ4n) is 2.45. The molecule has 154 valence electrons. The smallest absolute Gasteiger partial charge is 0.268 e. The molecule has 0 aromatic heterocycles. The molecule has 2 amide bonds. The van der Waals surface area contributed by atoms with Gasteiger partial charge in [-0.15, -0.1) is 0 Å². The van der Waals surface area contributed by atoms with Gasteiger partial charge in [0.2, 0.25) is 0 Å². The molecule has 0 spiro atoms. The average Bonchev–Trinajstić information content (AvgIpc) is 2.70. The van der Waals surface area contributed by atoms with E-state index in [1.807, 2.05) is 13.8 Å². The van der Waals surface area contributed by atoms with Crippen LogP contribution in [0.25, 0.3) is 0 Å². The third-order valence-corrected chi connectivity index (χ3v) is 3.84. The topological polar surface area (TPSA) is 77.1 Å². The molecule has 1 aliphatic rings. The minimum atomic E-state index is -0.656. The van der Waals surface area contributed by atoms with E-state index in [2.05, 4.69) is 5.32 Å². The van der Waals surface area contributed by atoms with E-state index in [1.165, 1.54) is 14.2 Å². The highest BCUT2D eigenvalue weighted by Gasteiger charge is 2.25. The fraction of sp³-hybridized carbons (Fsp3) is 0.600. The van der Waals surface area contributed by atoms with Crippen molar-refractivity contribution in [3.05, 3.63) is 29.8 Å². The Balaban J connectivity index is 0.00000218. The van der Waals surface area contributed by atoms with Gasteiger partial charge in [-0.05, 0) is 31.4 Å². The van der Waals surface area contributed by atoms with Gasteiger partial charge in [-0.25, -0.2) is 5.06 Å². The molecule has 1 aliphatic heterocycles. The maximum absolute atomic E-state index is 12.6. The maximum Gasteiger partial charge on any atom is 0.268 e. The van der Waals surface area contributed by atoms with Crippen molar-refractivity contribution in [3.8, 4) is 5.75 Å². The predicted molar refractivity (Wildman–Crippen MR) is 106 cm³/mol. The fourth-order valence-corrected chi connectivity index (χ4v) is 2.45. The molecular weight excluding hydrogens is 348 g/mol. The Morgan fingerprint density at radius 2 is 1.89 bits per heavy atom. The first-order chi connectivity index (χ1) is 12.6. The summed E-state index contributed by atoms with van der Waals surface area (Å²) in [4.78, 5) is 29.9. The number of hydrogen-bond acceptors (Lipinski definition) is 5. The van der Waals surface area contributed by atoms with Gasteiger partial charge in [0.05, 0.1) is 19.3 Å². The van der Waals surface area contributed by atoms with E-state index in [9.17, 15) is 9.59 Å². The first kappa shape index (κ1) is 24.9. The van der Waals surface area contributed by atoms with Crippen molar-refractivity contribution >= 4 is 11.8 Å². The molecule has 1 aromatic carbocycles. The van der Waals surface area contributed by atoms with Gasteiger partial charge in [-0.1, -0.05) is 33.4 Å². The van der Waals surface area contributed by atoms with Crippen LogP contribution in [-0.2, 0) is 14.4 Å². The number of nitrogens with one attached hydrogen (secondary N) is 1. The van der Waals surface area contributed by atoms with E-state index < -0.39 is 6.04 Å². The second kappa shape index (κ2) is 14.0. The van der Waals surface area contributed by atoms with Gasteiger partial charge in [-0.3, -0.25) is 14.4 Å². The number of amides is 2. The second-order valence-corrected chi connectivity index (χ2v) is 5.50. The van der Waals surface area contributed by atoms with E-state index in [0.29, 0.717) is 37.6 Å². The number of carbonyl (C=O) groups is 2. The predicted octanol–water partition coefficient (Wildman–Crippen LogP) is 3.05. The van der Waals surface area contributed by atoms with Crippen LogP contribution >= 0.6 is 0 Å². The van der Waals surface area contributed by atoms with E-state index in [4.69, 9.17) is 14.3 Å². The SMILES string of the molecule is C.CC.CON(C)C(=O)C1CCCCOCCOc2ccccc2C(=O)N1. The van der Waals surface area contributed by atoms with Gasteiger partial charge < -0.3 is 14.8 Å². The number of ether oxygens (including phenoxy) is 2. The first-order valence-electron chi connectivity index (χ1n) is 9.05. The van der Waals surface area contributed by atoms with Crippen molar-refractivity contribution in [2.45, 2.75) is 46.6 Å². The largest absolute Gasteiger partial charge is 0.490 e. The van der Waals surface area contributed by atoms with Crippen LogP contribution in [0.3, 0.4) is 0 Å². The van der Waals surface area contributed by atoms with Crippen molar-refractivity contribution in [1.82, 2.24) is 10.4 Å². The molecule has 0 fully saturated rings. The summed E-state index contributed by atoms with van der Waals surface area (Å²) in [6, 6.07) is 6.30. The number of para-hydroxylation sites is 1. The molecule has 0 radical (unpaired) electrons. The van der Waals surface area contributed by atoms with Crippen LogP contribution in [0.15, 0.2) is 24.3 Å². The van der Waals surface area contributed by atoms with Gasteiger partial charge in [0.25, 0.3) is 11.8 Å². The molecule has 0 saturated heterocycles. The number of fused-ring (bicyclic) bond motifs is 1. The highest BCUT2D eigenvalue weighted by Crippen LogP contribution is 2.19. The summed E-state index contributed by atoms with van der Waals surface area (Å²) in [5.74, 6) is -0.155. The number of likely N-dealkylation sites (N-methyl/N-ethyl adjacent to an activating group) is 1. The van der Waals surface area contributed by atoms with Crippen molar-refractivity contribution in [2.75, 3.05) is 34.0 Å². The Kier molecular flexibility index (Phi) is 12.9. The lowest BCUT2D eigenvalue weighted by molar-refractivity contribution is -0.171. The van der Waals surface area contributed by atoms with E-state index in [1.54, 1.807) is 24.3 Å². The molecular formula is C20H34N2O5. The molecule has 1 unspecified atom stereocenters. The summed E-state index contributed by atoms with van der Waals surface area (Å²) >= 11 is 0. The van der Waals surface area contributed by atoms with Gasteiger partial charge in [0.15, 0.2) is 0 Å². The zero-order chi connectivity index (χ0) is 19.4. The first-order valence-corrected chi connectivity index (χ1v) is 9.05. The Bertz CT molecular complexity index is 565.